The lowest BCUT2D eigenvalue weighted by Gasteiger charge is -2.17. The van der Waals surface area contributed by atoms with Crippen molar-refractivity contribution in [3.63, 3.8) is 0 Å². The zero-order valence-corrected chi connectivity index (χ0v) is 16.4. The third-order valence-corrected chi connectivity index (χ3v) is 6.91. The largest absolute Gasteiger partial charge is 0.507 e. The molecule has 0 aliphatic rings. The normalized spacial score (nSPS) is 13.1. The molecule has 0 saturated carbocycles. The second kappa shape index (κ2) is 6.65. The van der Waals surface area contributed by atoms with Gasteiger partial charge in [-0.15, -0.1) is 4.33 Å². The molecule has 13 heteroatoms. The Bertz CT molecular complexity index is 1490. The van der Waals surface area contributed by atoms with Gasteiger partial charge in [-0.25, -0.2) is 5.26 Å². The fraction of sp³-hybridized carbons (Fsp3) is 0. The Morgan fingerprint density at radius 2 is 1.24 bits per heavy atom. The van der Waals surface area contributed by atoms with Crippen LogP contribution in [0.3, 0.4) is 0 Å². The molecule has 0 fully saturated rings. The van der Waals surface area contributed by atoms with Crippen LogP contribution >= 0.6 is 12.0 Å². The Hall–Kier alpha value is -2.23. The summed E-state index contributed by atoms with van der Waals surface area (Å²) in [5.41, 5.74) is 0. The van der Waals surface area contributed by atoms with Crippen LogP contribution in [-0.4, -0.2) is 36.3 Å². The summed E-state index contributed by atoms with van der Waals surface area (Å²) in [6.07, 6.45) is 0. The van der Waals surface area contributed by atoms with Gasteiger partial charge in [-0.1, -0.05) is 23.2 Å². The van der Waals surface area contributed by atoms with Gasteiger partial charge in [0.15, 0.2) is 0 Å². The maximum atomic E-state index is 11.9. The van der Waals surface area contributed by atoms with E-state index in [0.717, 1.165) is 12.1 Å². The van der Waals surface area contributed by atoms with Crippen LogP contribution in [0.25, 0.3) is 32.3 Å². The second-order valence-corrected chi connectivity index (χ2v) is 9.54. The lowest BCUT2D eigenvalue weighted by molar-refractivity contribution is -0.432. The van der Waals surface area contributed by atoms with E-state index in [-0.39, 0.29) is 31.8 Å². The maximum absolute atomic E-state index is 11.9. The predicted octanol–water partition coefficient (Wildman–Crippen LogP) is 3.21. The summed E-state index contributed by atoms with van der Waals surface area (Å²) < 4.78 is 71.1. The monoisotopic (exact) mass is 458 g/mol. The number of phenols is 1. The molecule has 4 rings (SSSR count). The van der Waals surface area contributed by atoms with Crippen LogP contribution in [-0.2, 0) is 29.6 Å². The van der Waals surface area contributed by atoms with Crippen molar-refractivity contribution in [2.45, 2.75) is 14.7 Å². The number of hydrogen-bond donors (Lipinski definition) is 4. The van der Waals surface area contributed by atoms with E-state index < -0.39 is 35.8 Å². The van der Waals surface area contributed by atoms with Crippen LogP contribution in [0, 0.1) is 0 Å². The number of rotatable bonds is 5. The zero-order valence-electron chi connectivity index (χ0n) is 13.9. The second-order valence-electron chi connectivity index (χ2n) is 6.01. The number of hydrogen-bond acceptors (Lipinski definition) is 9. The summed E-state index contributed by atoms with van der Waals surface area (Å²) in [5.74, 6) is -0.457. The molecular weight excluding hydrogens is 448 g/mol. The van der Waals surface area contributed by atoms with Gasteiger partial charge in [0, 0.05) is 37.9 Å². The molecule has 0 radical (unpaired) electrons. The van der Waals surface area contributed by atoms with Crippen LogP contribution in [0.4, 0.5) is 0 Å². The first-order valence-corrected chi connectivity index (χ1v) is 11.2. The van der Waals surface area contributed by atoms with E-state index in [2.05, 4.69) is 9.37 Å². The summed E-state index contributed by atoms with van der Waals surface area (Å²) in [5, 5.41) is 23.2. The molecule has 0 unspecified atom stereocenters. The average Bonchev–Trinajstić information content (AvgIpc) is 2.63. The van der Waals surface area contributed by atoms with E-state index >= 15 is 0 Å². The average molecular weight is 458 g/mol. The highest BCUT2D eigenvalue weighted by atomic mass is 32.2. The standard InChI is InChI=1S/C16H10O10S3/c17-11-5-13(28(19,20)21)9-3-4-10-14(29(22,23)24)6-12(27-26-25-18)8-2-1-7(11)15(9)16(8)10/h1-6,17-18H,(H,19,20,21)(H,22,23,24). The van der Waals surface area contributed by atoms with E-state index in [1.807, 2.05) is 0 Å². The lowest BCUT2D eigenvalue weighted by atomic mass is 9.94. The van der Waals surface area contributed by atoms with Crippen molar-refractivity contribution in [2.24, 2.45) is 0 Å². The van der Waals surface area contributed by atoms with Gasteiger partial charge in [0.1, 0.15) is 15.5 Å². The van der Waals surface area contributed by atoms with Crippen molar-refractivity contribution in [1.29, 1.82) is 0 Å². The molecule has 29 heavy (non-hydrogen) atoms. The molecule has 10 nitrogen and oxygen atoms in total. The van der Waals surface area contributed by atoms with Gasteiger partial charge in [0.05, 0.1) is 12.0 Å². The summed E-state index contributed by atoms with van der Waals surface area (Å²) in [4.78, 5) is -0.983. The van der Waals surface area contributed by atoms with Gasteiger partial charge in [-0.2, -0.15) is 16.8 Å². The Morgan fingerprint density at radius 1 is 0.759 bits per heavy atom. The third kappa shape index (κ3) is 3.17. The zero-order chi connectivity index (χ0) is 21.1. The Kier molecular flexibility index (Phi) is 4.60. The summed E-state index contributed by atoms with van der Waals surface area (Å²) in [6, 6.07) is 7.49. The van der Waals surface area contributed by atoms with E-state index in [0.29, 0.717) is 17.4 Å². The molecule has 4 aromatic carbocycles. The number of phenolic OH excluding ortho intramolecular Hbond substituents is 1. The SMILES string of the molecule is O=S(=O)(O)c1cc(O)c2ccc3c(SOOO)cc(S(=O)(=O)O)c4ccc1c2c34. The predicted molar refractivity (Wildman–Crippen MR) is 102 cm³/mol. The molecule has 4 N–H and O–H groups in total. The maximum Gasteiger partial charge on any atom is 0.295 e. The summed E-state index contributed by atoms with van der Waals surface area (Å²) in [6.45, 7) is 0. The van der Waals surface area contributed by atoms with E-state index in [1.165, 1.54) is 24.3 Å². The molecule has 0 aromatic heterocycles. The van der Waals surface area contributed by atoms with Gasteiger partial charge in [-0.05, 0) is 17.5 Å². The van der Waals surface area contributed by atoms with Crippen LogP contribution in [0.15, 0.2) is 51.1 Å². The summed E-state index contributed by atoms with van der Waals surface area (Å²) >= 11 is 0.439. The molecule has 0 bridgehead atoms. The highest BCUT2D eigenvalue weighted by Gasteiger charge is 2.25. The fourth-order valence-corrected chi connectivity index (χ4v) is 5.45. The minimum absolute atomic E-state index is 0.0289. The van der Waals surface area contributed by atoms with E-state index in [1.54, 1.807) is 0 Å². The van der Waals surface area contributed by atoms with Crippen molar-refractivity contribution in [2.75, 3.05) is 0 Å². The van der Waals surface area contributed by atoms with Crippen molar-refractivity contribution < 1.29 is 45.7 Å². The molecule has 4 aromatic rings. The third-order valence-electron chi connectivity index (χ3n) is 4.47. The van der Waals surface area contributed by atoms with E-state index in [9.17, 15) is 31.0 Å². The molecule has 0 heterocycles. The van der Waals surface area contributed by atoms with Gasteiger partial charge in [-0.3, -0.25) is 9.11 Å². The number of benzene rings is 4. The molecule has 0 amide bonds. The van der Waals surface area contributed by atoms with Crippen LogP contribution in [0.2, 0.25) is 0 Å². The van der Waals surface area contributed by atoms with Crippen LogP contribution in [0.1, 0.15) is 0 Å². The van der Waals surface area contributed by atoms with Crippen LogP contribution in [0.5, 0.6) is 5.75 Å². The topological polar surface area (TPSA) is 168 Å². The minimum Gasteiger partial charge on any atom is -0.507 e. The van der Waals surface area contributed by atoms with Crippen LogP contribution < -0.4 is 0 Å². The Balaban J connectivity index is 2.32. The lowest BCUT2D eigenvalue weighted by Crippen LogP contribution is -2.03. The van der Waals surface area contributed by atoms with Crippen molar-refractivity contribution in [3.8, 4) is 5.75 Å². The number of aromatic hydroxyl groups is 1. The Labute approximate surface area is 167 Å². The van der Waals surface area contributed by atoms with E-state index in [4.69, 9.17) is 5.26 Å². The molecular formula is C16H10O10S3. The van der Waals surface area contributed by atoms with Gasteiger partial charge in [0.2, 0.25) is 0 Å². The molecule has 152 valence electrons. The molecule has 0 atom stereocenters. The molecule has 0 aliphatic carbocycles. The summed E-state index contributed by atoms with van der Waals surface area (Å²) in [7, 11) is -9.45. The molecule has 0 spiro atoms. The molecule has 0 saturated heterocycles. The van der Waals surface area contributed by atoms with Crippen molar-refractivity contribution in [3.05, 3.63) is 36.4 Å². The Morgan fingerprint density at radius 3 is 1.79 bits per heavy atom. The van der Waals surface area contributed by atoms with Crippen molar-refractivity contribution in [1.82, 2.24) is 0 Å². The van der Waals surface area contributed by atoms with Crippen molar-refractivity contribution >= 4 is 64.6 Å². The first kappa shape index (κ1) is 20.1. The van der Waals surface area contributed by atoms with Gasteiger partial charge in [0.25, 0.3) is 20.2 Å². The first-order chi connectivity index (χ1) is 13.5. The smallest absolute Gasteiger partial charge is 0.295 e. The molecule has 0 aliphatic heterocycles. The minimum atomic E-state index is -4.73. The fourth-order valence-electron chi connectivity index (χ4n) is 3.43. The first-order valence-electron chi connectivity index (χ1n) is 7.61. The van der Waals surface area contributed by atoms with Gasteiger partial charge >= 0.3 is 0 Å². The van der Waals surface area contributed by atoms with Gasteiger partial charge < -0.3 is 5.11 Å². The highest BCUT2D eigenvalue weighted by Crippen LogP contribution is 2.45. The quantitative estimate of drug-likeness (QED) is 0.114. The highest BCUT2D eigenvalue weighted by molar-refractivity contribution is 7.94.